The second kappa shape index (κ2) is 9.11. The summed E-state index contributed by atoms with van der Waals surface area (Å²) >= 11 is 5.91. The van der Waals surface area contributed by atoms with E-state index in [4.69, 9.17) is 16.3 Å². The lowest BCUT2D eigenvalue weighted by atomic mass is 10.1. The number of carbonyl (C=O) groups is 1. The van der Waals surface area contributed by atoms with Crippen molar-refractivity contribution in [1.29, 1.82) is 0 Å². The quantitative estimate of drug-likeness (QED) is 0.652. The van der Waals surface area contributed by atoms with E-state index < -0.39 is 0 Å². The van der Waals surface area contributed by atoms with Crippen LogP contribution in [0.5, 0.6) is 0 Å². The molecule has 0 radical (unpaired) electrons. The molecule has 0 aliphatic rings. The average molecular weight is 298 g/mol. The first-order valence-electron chi connectivity index (χ1n) is 7.10. The third-order valence-electron chi connectivity index (χ3n) is 3.57. The van der Waals surface area contributed by atoms with Crippen molar-refractivity contribution in [1.82, 2.24) is 4.90 Å². The number of carbonyl (C=O) groups excluding carboxylic acids is 1. The van der Waals surface area contributed by atoms with E-state index in [0.717, 1.165) is 19.5 Å². The second-order valence-electron chi connectivity index (χ2n) is 4.97. The fraction of sp³-hybridized carbons (Fsp3) is 0.562. The Kier molecular flexibility index (Phi) is 7.82. The number of hydrogen-bond acceptors (Lipinski definition) is 3. The molecule has 0 fully saturated rings. The lowest BCUT2D eigenvalue weighted by Crippen LogP contribution is -2.37. The Bertz CT molecular complexity index is 423. The van der Waals surface area contributed by atoms with E-state index in [1.807, 2.05) is 12.1 Å². The van der Waals surface area contributed by atoms with Crippen molar-refractivity contribution in [3.8, 4) is 0 Å². The molecule has 1 aromatic rings. The standard InChI is InChI=1S/C16H24ClNO2/c1-4-13(2)18(10-11-20-3)9-8-16(19)14-6-5-7-15(17)12-14/h5-7,12-13H,4,8-11H2,1-3H3. The van der Waals surface area contributed by atoms with Gasteiger partial charge in [0.25, 0.3) is 0 Å². The number of ether oxygens (including phenoxy) is 1. The van der Waals surface area contributed by atoms with Crippen LogP contribution in [0.15, 0.2) is 24.3 Å². The van der Waals surface area contributed by atoms with E-state index in [9.17, 15) is 4.79 Å². The summed E-state index contributed by atoms with van der Waals surface area (Å²) in [6, 6.07) is 7.59. The van der Waals surface area contributed by atoms with E-state index in [1.165, 1.54) is 0 Å². The summed E-state index contributed by atoms with van der Waals surface area (Å²) in [6.45, 7) is 6.64. The Morgan fingerprint density at radius 2 is 2.15 bits per heavy atom. The van der Waals surface area contributed by atoms with Gasteiger partial charge in [0.15, 0.2) is 5.78 Å². The van der Waals surface area contributed by atoms with Gasteiger partial charge in [0.1, 0.15) is 0 Å². The van der Waals surface area contributed by atoms with Crippen LogP contribution < -0.4 is 0 Å². The molecule has 112 valence electrons. The number of Topliss-reactive ketones (excluding diaryl/α,β-unsaturated/α-hetero) is 1. The Morgan fingerprint density at radius 1 is 1.40 bits per heavy atom. The lowest BCUT2D eigenvalue weighted by molar-refractivity contribution is 0.0916. The van der Waals surface area contributed by atoms with Crippen molar-refractivity contribution in [2.45, 2.75) is 32.7 Å². The van der Waals surface area contributed by atoms with Crippen LogP contribution in [0.25, 0.3) is 0 Å². The SMILES string of the molecule is CCC(C)N(CCOC)CCC(=O)c1cccc(Cl)c1. The maximum atomic E-state index is 12.2. The molecular weight excluding hydrogens is 274 g/mol. The van der Waals surface area contributed by atoms with Gasteiger partial charge < -0.3 is 4.74 Å². The topological polar surface area (TPSA) is 29.5 Å². The van der Waals surface area contributed by atoms with Gasteiger partial charge in [-0.2, -0.15) is 0 Å². The zero-order chi connectivity index (χ0) is 15.0. The highest BCUT2D eigenvalue weighted by Gasteiger charge is 2.14. The van der Waals surface area contributed by atoms with Gasteiger partial charge in [-0.05, 0) is 25.5 Å². The Hall–Kier alpha value is -0.900. The van der Waals surface area contributed by atoms with Crippen LogP contribution >= 0.6 is 11.6 Å². The minimum atomic E-state index is 0.137. The van der Waals surface area contributed by atoms with E-state index in [1.54, 1.807) is 19.2 Å². The number of halogens is 1. The van der Waals surface area contributed by atoms with Gasteiger partial charge in [-0.1, -0.05) is 30.7 Å². The van der Waals surface area contributed by atoms with Crippen molar-refractivity contribution in [3.05, 3.63) is 34.9 Å². The molecular formula is C16H24ClNO2. The molecule has 0 aliphatic carbocycles. The minimum absolute atomic E-state index is 0.137. The smallest absolute Gasteiger partial charge is 0.164 e. The van der Waals surface area contributed by atoms with E-state index in [2.05, 4.69) is 18.7 Å². The number of benzene rings is 1. The molecule has 1 aromatic carbocycles. The van der Waals surface area contributed by atoms with Gasteiger partial charge in [-0.25, -0.2) is 0 Å². The molecule has 0 aromatic heterocycles. The highest BCUT2D eigenvalue weighted by molar-refractivity contribution is 6.31. The number of methoxy groups -OCH3 is 1. The van der Waals surface area contributed by atoms with Crippen molar-refractivity contribution < 1.29 is 9.53 Å². The van der Waals surface area contributed by atoms with Crippen molar-refractivity contribution in [3.63, 3.8) is 0 Å². The van der Waals surface area contributed by atoms with Crippen molar-refractivity contribution in [2.75, 3.05) is 26.8 Å². The Labute approximate surface area is 126 Å². The van der Waals surface area contributed by atoms with Crippen LogP contribution in [0, 0.1) is 0 Å². The molecule has 0 amide bonds. The van der Waals surface area contributed by atoms with Crippen LogP contribution in [-0.2, 0) is 4.74 Å². The molecule has 1 rings (SSSR count). The van der Waals surface area contributed by atoms with Crippen LogP contribution in [0.4, 0.5) is 0 Å². The summed E-state index contributed by atoms with van der Waals surface area (Å²) in [4.78, 5) is 14.5. The van der Waals surface area contributed by atoms with Crippen LogP contribution in [0.3, 0.4) is 0 Å². The molecule has 1 unspecified atom stereocenters. The predicted octanol–water partition coefficient (Wildman–Crippen LogP) is 3.66. The number of rotatable bonds is 9. The number of ketones is 1. The summed E-state index contributed by atoms with van der Waals surface area (Å²) in [6.07, 6.45) is 1.57. The first-order chi connectivity index (χ1) is 9.58. The summed E-state index contributed by atoms with van der Waals surface area (Å²) in [5.74, 6) is 0.137. The fourth-order valence-electron chi connectivity index (χ4n) is 2.07. The normalized spacial score (nSPS) is 12.7. The van der Waals surface area contributed by atoms with Crippen LogP contribution in [0.1, 0.15) is 37.0 Å². The maximum absolute atomic E-state index is 12.2. The van der Waals surface area contributed by atoms with Crippen molar-refractivity contribution >= 4 is 17.4 Å². The monoisotopic (exact) mass is 297 g/mol. The molecule has 0 saturated heterocycles. The highest BCUT2D eigenvalue weighted by Crippen LogP contribution is 2.13. The maximum Gasteiger partial charge on any atom is 0.164 e. The summed E-state index contributed by atoms with van der Waals surface area (Å²) in [5, 5.41) is 0.606. The summed E-state index contributed by atoms with van der Waals surface area (Å²) in [7, 11) is 1.70. The zero-order valence-corrected chi connectivity index (χ0v) is 13.3. The lowest BCUT2D eigenvalue weighted by Gasteiger charge is -2.27. The van der Waals surface area contributed by atoms with E-state index >= 15 is 0 Å². The van der Waals surface area contributed by atoms with Crippen LogP contribution in [-0.4, -0.2) is 43.5 Å². The number of hydrogen-bond donors (Lipinski definition) is 0. The molecule has 4 heteroatoms. The van der Waals surface area contributed by atoms with E-state index in [-0.39, 0.29) is 5.78 Å². The molecule has 0 N–H and O–H groups in total. The van der Waals surface area contributed by atoms with Gasteiger partial charge in [-0.3, -0.25) is 9.69 Å². The van der Waals surface area contributed by atoms with E-state index in [0.29, 0.717) is 29.7 Å². The molecule has 1 atom stereocenters. The molecule has 0 heterocycles. The number of nitrogens with zero attached hydrogens (tertiary/aromatic N) is 1. The van der Waals surface area contributed by atoms with Gasteiger partial charge in [0.2, 0.25) is 0 Å². The first-order valence-corrected chi connectivity index (χ1v) is 7.48. The van der Waals surface area contributed by atoms with Crippen LogP contribution in [0.2, 0.25) is 5.02 Å². The minimum Gasteiger partial charge on any atom is -0.383 e. The molecule has 20 heavy (non-hydrogen) atoms. The summed E-state index contributed by atoms with van der Waals surface area (Å²) in [5.41, 5.74) is 0.688. The highest BCUT2D eigenvalue weighted by atomic mass is 35.5. The van der Waals surface area contributed by atoms with Gasteiger partial charge in [0.05, 0.1) is 6.61 Å². The van der Waals surface area contributed by atoms with Crippen molar-refractivity contribution in [2.24, 2.45) is 0 Å². The Morgan fingerprint density at radius 3 is 2.75 bits per heavy atom. The largest absolute Gasteiger partial charge is 0.383 e. The van der Waals surface area contributed by atoms with Gasteiger partial charge in [-0.15, -0.1) is 0 Å². The molecule has 3 nitrogen and oxygen atoms in total. The average Bonchev–Trinajstić information content (AvgIpc) is 2.46. The third-order valence-corrected chi connectivity index (χ3v) is 3.80. The molecule has 0 aliphatic heterocycles. The third kappa shape index (κ3) is 5.61. The Balaban J connectivity index is 2.55. The van der Waals surface area contributed by atoms with Gasteiger partial charge >= 0.3 is 0 Å². The first kappa shape index (κ1) is 17.2. The molecule has 0 bridgehead atoms. The molecule has 0 saturated carbocycles. The fourth-order valence-corrected chi connectivity index (χ4v) is 2.26. The second-order valence-corrected chi connectivity index (χ2v) is 5.41. The van der Waals surface area contributed by atoms with Gasteiger partial charge in [0, 0.05) is 43.2 Å². The zero-order valence-electron chi connectivity index (χ0n) is 12.6. The molecule has 0 spiro atoms. The summed E-state index contributed by atoms with van der Waals surface area (Å²) < 4.78 is 5.13. The predicted molar refractivity (Wildman–Crippen MR) is 83.6 cm³/mol.